The van der Waals surface area contributed by atoms with Gasteiger partial charge >= 0.3 is 0 Å². The Morgan fingerprint density at radius 2 is 1.80 bits per heavy atom. The van der Waals surface area contributed by atoms with Crippen LogP contribution < -0.4 is 0 Å². The molecule has 2 rings (SSSR count). The van der Waals surface area contributed by atoms with E-state index in [2.05, 4.69) is 24.1 Å². The first-order valence-electron chi connectivity index (χ1n) is 5.57. The van der Waals surface area contributed by atoms with Gasteiger partial charge in [0, 0.05) is 5.41 Å². The van der Waals surface area contributed by atoms with E-state index in [0.29, 0.717) is 0 Å². The largest absolute Gasteiger partial charge is 0.306 e. The maximum absolute atomic E-state index is 13.3. The van der Waals surface area contributed by atoms with Gasteiger partial charge in [0.1, 0.15) is 0 Å². The molecule has 0 aliphatic carbocycles. The van der Waals surface area contributed by atoms with Crippen LogP contribution in [-0.2, 0) is 5.41 Å². The van der Waals surface area contributed by atoms with E-state index < -0.39 is 0 Å². The average Bonchev–Trinajstić information content (AvgIpc) is 2.32. The highest BCUT2D eigenvalue weighted by Gasteiger charge is 2.35. The van der Waals surface area contributed by atoms with Gasteiger partial charge in [0.2, 0.25) is 0 Å². The van der Waals surface area contributed by atoms with Crippen molar-refractivity contribution < 1.29 is 4.39 Å². The first-order chi connectivity index (χ1) is 7.27. The summed E-state index contributed by atoms with van der Waals surface area (Å²) in [4.78, 5) is 2.27. The van der Waals surface area contributed by atoms with E-state index in [4.69, 9.17) is 0 Å². The molecule has 0 radical (unpaired) electrons. The minimum Gasteiger partial charge on any atom is -0.306 e. The summed E-state index contributed by atoms with van der Waals surface area (Å²) in [5, 5.41) is 0. The van der Waals surface area contributed by atoms with Crippen LogP contribution in [0.4, 0.5) is 4.39 Å². The van der Waals surface area contributed by atoms with Gasteiger partial charge in [0.15, 0.2) is 0 Å². The van der Waals surface area contributed by atoms with Crippen molar-refractivity contribution >= 4 is 0 Å². The Labute approximate surface area is 90.9 Å². The molecule has 1 fully saturated rings. The summed E-state index contributed by atoms with van der Waals surface area (Å²) in [7, 11) is 2.10. The Morgan fingerprint density at radius 1 is 1.20 bits per heavy atom. The number of likely N-dealkylation sites (tertiary alicyclic amines) is 1. The van der Waals surface area contributed by atoms with Gasteiger partial charge in [-0.15, -0.1) is 0 Å². The quantitative estimate of drug-likeness (QED) is 0.720. The fourth-order valence-electron chi connectivity index (χ4n) is 2.34. The van der Waals surface area contributed by atoms with Crippen LogP contribution in [0.25, 0.3) is 0 Å². The van der Waals surface area contributed by atoms with E-state index in [1.54, 1.807) is 0 Å². The molecule has 0 amide bonds. The molecule has 1 aromatic carbocycles. The highest BCUT2D eigenvalue weighted by atomic mass is 19.1. The van der Waals surface area contributed by atoms with Gasteiger partial charge in [-0.25, -0.2) is 0 Å². The molecule has 0 unspecified atom stereocenters. The third-order valence-corrected chi connectivity index (χ3v) is 3.59. The number of alkyl halides is 1. The molecule has 1 heterocycles. The summed E-state index contributed by atoms with van der Waals surface area (Å²) in [6.45, 7) is 1.77. The third-order valence-electron chi connectivity index (χ3n) is 3.59. The van der Waals surface area contributed by atoms with Crippen molar-refractivity contribution in [3.8, 4) is 0 Å². The van der Waals surface area contributed by atoms with Crippen molar-refractivity contribution in [2.24, 2.45) is 0 Å². The molecular weight excluding hydrogens is 189 g/mol. The predicted octanol–water partition coefficient (Wildman–Crippen LogP) is 2.62. The topological polar surface area (TPSA) is 3.24 Å². The van der Waals surface area contributed by atoms with Gasteiger partial charge in [-0.3, -0.25) is 4.39 Å². The minimum absolute atomic E-state index is 0.215. The molecule has 82 valence electrons. The molecule has 1 saturated heterocycles. The standard InChI is InChI=1S/C13H18FN/c1-15-9-7-13(11-14,8-10-15)12-5-3-2-4-6-12/h2-6H,7-11H2,1H3. The first kappa shape index (κ1) is 10.6. The second-order valence-corrected chi connectivity index (χ2v) is 4.58. The van der Waals surface area contributed by atoms with Gasteiger partial charge in [-0.05, 0) is 38.5 Å². The van der Waals surface area contributed by atoms with Crippen LogP contribution in [0.1, 0.15) is 18.4 Å². The molecule has 0 bridgehead atoms. The second kappa shape index (κ2) is 4.31. The Balaban J connectivity index is 2.23. The van der Waals surface area contributed by atoms with E-state index in [-0.39, 0.29) is 12.1 Å². The minimum atomic E-state index is -0.231. The molecule has 0 saturated carbocycles. The van der Waals surface area contributed by atoms with E-state index in [1.807, 2.05) is 18.2 Å². The normalized spacial score (nSPS) is 21.5. The van der Waals surface area contributed by atoms with Crippen molar-refractivity contribution in [3.05, 3.63) is 35.9 Å². The van der Waals surface area contributed by atoms with Gasteiger partial charge in [-0.2, -0.15) is 0 Å². The van der Waals surface area contributed by atoms with Crippen LogP contribution in [0.2, 0.25) is 0 Å². The summed E-state index contributed by atoms with van der Waals surface area (Å²) in [5.74, 6) is 0. The fourth-order valence-corrected chi connectivity index (χ4v) is 2.34. The van der Waals surface area contributed by atoms with Gasteiger partial charge in [0.05, 0.1) is 6.67 Å². The fraction of sp³-hybridized carbons (Fsp3) is 0.538. The molecule has 0 spiro atoms. The molecule has 1 aliphatic heterocycles. The van der Waals surface area contributed by atoms with Crippen LogP contribution in [0.15, 0.2) is 30.3 Å². The molecule has 1 aromatic rings. The molecule has 1 nitrogen and oxygen atoms in total. The molecule has 0 atom stereocenters. The Hall–Kier alpha value is -0.890. The lowest BCUT2D eigenvalue weighted by Gasteiger charge is -2.39. The summed E-state index contributed by atoms with van der Waals surface area (Å²) in [6, 6.07) is 10.1. The van der Waals surface area contributed by atoms with Gasteiger partial charge < -0.3 is 4.90 Å². The Bertz CT molecular complexity index is 302. The van der Waals surface area contributed by atoms with Gasteiger partial charge in [0.25, 0.3) is 0 Å². The maximum Gasteiger partial charge on any atom is 0.0991 e. The zero-order chi connectivity index (χ0) is 10.7. The number of piperidine rings is 1. The molecule has 2 heteroatoms. The summed E-state index contributed by atoms with van der Waals surface area (Å²) >= 11 is 0. The highest BCUT2D eigenvalue weighted by molar-refractivity contribution is 5.26. The average molecular weight is 207 g/mol. The lowest BCUT2D eigenvalue weighted by Crippen LogP contribution is -2.42. The lowest BCUT2D eigenvalue weighted by atomic mass is 9.74. The smallest absolute Gasteiger partial charge is 0.0991 e. The molecule has 1 aliphatic rings. The van der Waals surface area contributed by atoms with Crippen LogP contribution in [0.3, 0.4) is 0 Å². The van der Waals surface area contributed by atoms with E-state index in [0.717, 1.165) is 25.9 Å². The molecular formula is C13H18FN. The number of rotatable bonds is 2. The number of hydrogen-bond donors (Lipinski definition) is 0. The molecule has 15 heavy (non-hydrogen) atoms. The summed E-state index contributed by atoms with van der Waals surface area (Å²) in [6.07, 6.45) is 1.87. The maximum atomic E-state index is 13.3. The first-order valence-corrected chi connectivity index (χ1v) is 5.57. The zero-order valence-electron chi connectivity index (χ0n) is 9.25. The van der Waals surface area contributed by atoms with Crippen molar-refractivity contribution in [2.45, 2.75) is 18.3 Å². The van der Waals surface area contributed by atoms with Crippen molar-refractivity contribution in [2.75, 3.05) is 26.8 Å². The summed E-state index contributed by atoms with van der Waals surface area (Å²) in [5.41, 5.74) is 0.953. The van der Waals surface area contributed by atoms with Crippen molar-refractivity contribution in [3.63, 3.8) is 0 Å². The number of benzene rings is 1. The van der Waals surface area contributed by atoms with Gasteiger partial charge in [-0.1, -0.05) is 30.3 Å². The Kier molecular flexibility index (Phi) is 3.06. The lowest BCUT2D eigenvalue weighted by molar-refractivity contribution is 0.157. The molecule has 0 aromatic heterocycles. The number of nitrogens with zero attached hydrogens (tertiary/aromatic N) is 1. The monoisotopic (exact) mass is 207 g/mol. The van der Waals surface area contributed by atoms with E-state index in [9.17, 15) is 4.39 Å². The SMILES string of the molecule is CN1CCC(CF)(c2ccccc2)CC1. The van der Waals surface area contributed by atoms with E-state index >= 15 is 0 Å². The summed E-state index contributed by atoms with van der Waals surface area (Å²) < 4.78 is 13.3. The number of halogens is 1. The van der Waals surface area contributed by atoms with E-state index in [1.165, 1.54) is 5.56 Å². The Morgan fingerprint density at radius 3 is 2.33 bits per heavy atom. The number of hydrogen-bond acceptors (Lipinski definition) is 1. The van der Waals surface area contributed by atoms with Crippen LogP contribution >= 0.6 is 0 Å². The predicted molar refractivity (Wildman–Crippen MR) is 60.8 cm³/mol. The van der Waals surface area contributed by atoms with Crippen molar-refractivity contribution in [1.82, 2.24) is 4.90 Å². The second-order valence-electron chi connectivity index (χ2n) is 4.58. The third kappa shape index (κ3) is 2.05. The van der Waals surface area contributed by atoms with Crippen LogP contribution in [0, 0.1) is 0 Å². The van der Waals surface area contributed by atoms with Crippen LogP contribution in [-0.4, -0.2) is 31.7 Å². The van der Waals surface area contributed by atoms with Crippen LogP contribution in [0.5, 0.6) is 0 Å². The highest BCUT2D eigenvalue weighted by Crippen LogP contribution is 2.35. The van der Waals surface area contributed by atoms with Crippen molar-refractivity contribution in [1.29, 1.82) is 0 Å². The molecule has 0 N–H and O–H groups in total. The zero-order valence-corrected chi connectivity index (χ0v) is 9.25.